The van der Waals surface area contributed by atoms with Crippen LogP contribution in [0.15, 0.2) is 35.2 Å². The molecule has 0 radical (unpaired) electrons. The Hall–Kier alpha value is -1.33. The highest BCUT2D eigenvalue weighted by Crippen LogP contribution is 2.23. The van der Waals surface area contributed by atoms with Crippen LogP contribution in [0.1, 0.15) is 24.6 Å². The summed E-state index contributed by atoms with van der Waals surface area (Å²) in [5.41, 5.74) is 7.80. The smallest absolute Gasteiger partial charge is 0.130 e. The van der Waals surface area contributed by atoms with E-state index in [0.717, 1.165) is 34.4 Å². The number of nitrogens with zero attached hydrogens (tertiary/aromatic N) is 2. The second kappa shape index (κ2) is 6.73. The van der Waals surface area contributed by atoms with Crippen LogP contribution in [0.2, 0.25) is 0 Å². The number of ether oxygens (including phenoxy) is 1. The van der Waals surface area contributed by atoms with E-state index >= 15 is 0 Å². The van der Waals surface area contributed by atoms with Crippen LogP contribution in [0, 0.1) is 0 Å². The van der Waals surface area contributed by atoms with Crippen molar-refractivity contribution in [3.63, 3.8) is 0 Å². The van der Waals surface area contributed by atoms with Crippen molar-refractivity contribution in [1.29, 1.82) is 0 Å². The molecule has 1 aromatic heterocycles. The first kappa shape index (κ1) is 14.1. The van der Waals surface area contributed by atoms with Crippen molar-refractivity contribution in [3.8, 4) is 5.75 Å². The maximum absolute atomic E-state index is 5.85. The van der Waals surface area contributed by atoms with Gasteiger partial charge in [-0.3, -0.25) is 0 Å². The Morgan fingerprint density at radius 3 is 3.00 bits per heavy atom. The van der Waals surface area contributed by atoms with Crippen molar-refractivity contribution in [2.24, 2.45) is 5.73 Å². The summed E-state index contributed by atoms with van der Waals surface area (Å²) in [6.45, 7) is 4.08. The van der Waals surface area contributed by atoms with Crippen LogP contribution in [0.5, 0.6) is 5.75 Å². The van der Waals surface area contributed by atoms with Crippen molar-refractivity contribution in [3.05, 3.63) is 46.5 Å². The Labute approximate surface area is 121 Å². The zero-order valence-electron chi connectivity index (χ0n) is 11.0. The summed E-state index contributed by atoms with van der Waals surface area (Å²) in [5.74, 6) is 0.829. The van der Waals surface area contributed by atoms with Gasteiger partial charge in [-0.15, -0.1) is 0 Å². The third kappa shape index (κ3) is 3.58. The van der Waals surface area contributed by atoms with Gasteiger partial charge in [-0.1, -0.05) is 22.9 Å². The molecular formula is C14H18BrN3O. The van der Waals surface area contributed by atoms with Crippen LogP contribution < -0.4 is 10.5 Å². The van der Waals surface area contributed by atoms with Gasteiger partial charge in [0.05, 0.1) is 18.2 Å². The third-order valence-corrected chi connectivity index (χ3v) is 3.37. The molecule has 0 amide bonds. The molecule has 2 N–H and O–H groups in total. The lowest BCUT2D eigenvalue weighted by Gasteiger charge is -2.12. The molecule has 0 spiro atoms. The number of benzene rings is 1. The molecule has 2 aromatic rings. The number of imidazole rings is 1. The van der Waals surface area contributed by atoms with E-state index in [1.807, 2.05) is 30.7 Å². The van der Waals surface area contributed by atoms with Gasteiger partial charge in [-0.05, 0) is 24.6 Å². The van der Waals surface area contributed by atoms with E-state index in [-0.39, 0.29) is 0 Å². The highest BCUT2D eigenvalue weighted by molar-refractivity contribution is 9.10. The van der Waals surface area contributed by atoms with Crippen molar-refractivity contribution >= 4 is 15.9 Å². The second-order valence-electron chi connectivity index (χ2n) is 4.32. The minimum absolute atomic E-state index is 0.461. The van der Waals surface area contributed by atoms with Crippen molar-refractivity contribution in [1.82, 2.24) is 9.55 Å². The van der Waals surface area contributed by atoms with E-state index in [1.54, 1.807) is 0 Å². The SMILES string of the molecule is CCCn1cncc1COc1ccc(Br)cc1CN. The number of nitrogens with two attached hydrogens (primary N) is 1. The maximum atomic E-state index is 5.85. The Morgan fingerprint density at radius 2 is 2.26 bits per heavy atom. The van der Waals surface area contributed by atoms with Gasteiger partial charge in [0.1, 0.15) is 12.4 Å². The lowest BCUT2D eigenvalue weighted by Crippen LogP contribution is -2.07. The maximum Gasteiger partial charge on any atom is 0.130 e. The summed E-state index contributed by atoms with van der Waals surface area (Å²) >= 11 is 3.43. The standard InChI is InChI=1S/C14H18BrN3O/c1-2-5-18-10-17-8-13(18)9-19-14-4-3-12(15)6-11(14)7-16/h3-4,6,8,10H,2,5,7,9,16H2,1H3. The van der Waals surface area contributed by atoms with Crippen molar-refractivity contribution < 1.29 is 4.74 Å². The summed E-state index contributed by atoms with van der Waals surface area (Å²) in [4.78, 5) is 4.16. The highest BCUT2D eigenvalue weighted by Gasteiger charge is 2.06. The zero-order chi connectivity index (χ0) is 13.7. The first-order valence-electron chi connectivity index (χ1n) is 6.35. The predicted octanol–water partition coefficient (Wildman–Crippen LogP) is 3.09. The number of halogens is 1. The molecule has 102 valence electrons. The average molecular weight is 324 g/mol. The van der Waals surface area contributed by atoms with Crippen molar-refractivity contribution in [2.75, 3.05) is 0 Å². The van der Waals surface area contributed by atoms with Gasteiger partial charge in [0.25, 0.3) is 0 Å². The molecule has 4 nitrogen and oxygen atoms in total. The second-order valence-corrected chi connectivity index (χ2v) is 5.24. The molecule has 2 rings (SSSR count). The van der Waals surface area contributed by atoms with Gasteiger partial charge in [-0.2, -0.15) is 0 Å². The third-order valence-electron chi connectivity index (χ3n) is 2.88. The Morgan fingerprint density at radius 1 is 1.42 bits per heavy atom. The molecule has 0 aliphatic carbocycles. The summed E-state index contributed by atoms with van der Waals surface area (Å²) < 4.78 is 8.98. The van der Waals surface area contributed by atoms with Crippen LogP contribution in [-0.2, 0) is 19.7 Å². The quantitative estimate of drug-likeness (QED) is 0.888. The molecule has 5 heteroatoms. The minimum atomic E-state index is 0.461. The van der Waals surface area contributed by atoms with Gasteiger partial charge < -0.3 is 15.0 Å². The monoisotopic (exact) mass is 323 g/mol. The molecule has 0 aliphatic heterocycles. The van der Waals surface area contributed by atoms with Crippen LogP contribution >= 0.6 is 15.9 Å². The molecule has 0 bridgehead atoms. The van der Waals surface area contributed by atoms with E-state index in [1.165, 1.54) is 0 Å². The molecule has 0 fully saturated rings. The van der Waals surface area contributed by atoms with Gasteiger partial charge in [0.2, 0.25) is 0 Å². The largest absolute Gasteiger partial charge is 0.487 e. The summed E-state index contributed by atoms with van der Waals surface area (Å²) in [7, 11) is 0. The predicted molar refractivity (Wildman–Crippen MR) is 78.9 cm³/mol. The lowest BCUT2D eigenvalue weighted by atomic mass is 10.2. The molecular weight excluding hydrogens is 306 g/mol. The van der Waals surface area contributed by atoms with E-state index < -0.39 is 0 Å². The van der Waals surface area contributed by atoms with Crippen molar-refractivity contribution in [2.45, 2.75) is 33.0 Å². The molecule has 0 unspecified atom stereocenters. The first-order valence-corrected chi connectivity index (χ1v) is 7.14. The van der Waals surface area contributed by atoms with Crippen LogP contribution in [0.4, 0.5) is 0 Å². The summed E-state index contributed by atoms with van der Waals surface area (Å²) in [6, 6.07) is 5.88. The molecule has 0 aliphatic rings. The van der Waals surface area contributed by atoms with E-state index in [0.29, 0.717) is 13.2 Å². The summed E-state index contributed by atoms with van der Waals surface area (Å²) in [5, 5.41) is 0. The topological polar surface area (TPSA) is 53.1 Å². The zero-order valence-corrected chi connectivity index (χ0v) is 12.6. The molecule has 0 saturated heterocycles. The van der Waals surface area contributed by atoms with Gasteiger partial charge in [0, 0.05) is 23.1 Å². The van der Waals surface area contributed by atoms with Crippen LogP contribution in [0.25, 0.3) is 0 Å². The number of aromatic nitrogens is 2. The Bertz CT molecular complexity index is 539. The lowest BCUT2D eigenvalue weighted by molar-refractivity contribution is 0.291. The van der Waals surface area contributed by atoms with Gasteiger partial charge in [-0.25, -0.2) is 4.98 Å². The number of hydrogen-bond acceptors (Lipinski definition) is 3. The fraction of sp³-hybridized carbons (Fsp3) is 0.357. The van der Waals surface area contributed by atoms with Gasteiger partial charge in [0.15, 0.2) is 0 Å². The number of rotatable bonds is 6. The normalized spacial score (nSPS) is 10.7. The number of aryl methyl sites for hydroxylation is 1. The minimum Gasteiger partial charge on any atom is -0.487 e. The molecule has 0 atom stereocenters. The molecule has 19 heavy (non-hydrogen) atoms. The molecule has 1 aromatic carbocycles. The average Bonchev–Trinajstić information content (AvgIpc) is 2.85. The summed E-state index contributed by atoms with van der Waals surface area (Å²) in [6.07, 6.45) is 4.76. The Kier molecular flexibility index (Phi) is 4.99. The van der Waals surface area contributed by atoms with E-state index in [2.05, 4.69) is 32.4 Å². The van der Waals surface area contributed by atoms with E-state index in [9.17, 15) is 0 Å². The first-order chi connectivity index (χ1) is 9.24. The molecule has 0 saturated carbocycles. The fourth-order valence-corrected chi connectivity index (χ4v) is 2.32. The van der Waals surface area contributed by atoms with Gasteiger partial charge >= 0.3 is 0 Å². The highest BCUT2D eigenvalue weighted by atomic mass is 79.9. The fourth-order valence-electron chi connectivity index (χ4n) is 1.91. The number of hydrogen-bond donors (Lipinski definition) is 1. The van der Waals surface area contributed by atoms with Crippen LogP contribution in [0.3, 0.4) is 0 Å². The molecule has 1 heterocycles. The van der Waals surface area contributed by atoms with Crippen LogP contribution in [-0.4, -0.2) is 9.55 Å². The van der Waals surface area contributed by atoms with E-state index in [4.69, 9.17) is 10.5 Å². The Balaban J connectivity index is 2.07.